The second kappa shape index (κ2) is 5.29. The summed E-state index contributed by atoms with van der Waals surface area (Å²) in [6, 6.07) is 7.29. The third-order valence-corrected chi connectivity index (χ3v) is 4.79. The molecule has 6 heteroatoms. The highest BCUT2D eigenvalue weighted by Gasteiger charge is 2.28. The molecule has 2 aromatic rings. The van der Waals surface area contributed by atoms with Crippen molar-refractivity contribution in [2.75, 3.05) is 14.2 Å². The third-order valence-electron chi connectivity index (χ3n) is 2.64. The lowest BCUT2D eigenvalue weighted by atomic mass is 10.1. The Morgan fingerprint density at radius 2 is 1.94 bits per heavy atom. The summed E-state index contributed by atoms with van der Waals surface area (Å²) in [4.78, 5) is 2.92. The molecule has 96 valence electrons. The van der Waals surface area contributed by atoms with E-state index in [2.05, 4.69) is 4.98 Å². The van der Waals surface area contributed by atoms with Crippen molar-refractivity contribution >= 4 is 24.5 Å². The van der Waals surface area contributed by atoms with Crippen molar-refractivity contribution in [1.29, 1.82) is 0 Å². The first-order chi connectivity index (χ1) is 8.60. The van der Waals surface area contributed by atoms with E-state index in [1.165, 1.54) is 14.2 Å². The maximum Gasteiger partial charge on any atom is 0.362 e. The molecule has 4 nitrogen and oxygen atoms in total. The van der Waals surface area contributed by atoms with Crippen LogP contribution in [0, 0.1) is 0 Å². The second-order valence-corrected chi connectivity index (χ2v) is 6.27. The first-order valence-electron chi connectivity index (χ1n) is 5.25. The largest absolute Gasteiger partial charge is 0.366 e. The van der Waals surface area contributed by atoms with Crippen LogP contribution >= 0.6 is 19.2 Å². The van der Waals surface area contributed by atoms with E-state index in [1.807, 2.05) is 12.1 Å². The standard InChI is InChI=1S/C12H13ClNO3P/c1-16-18(15,17-2)12-8-14-7-11(12)9-4-3-5-10(13)6-9/h3-8,14H,1-2H3. The quantitative estimate of drug-likeness (QED) is 0.876. The SMILES string of the molecule is COP(=O)(OC)c1c[nH]cc1-c1cccc(Cl)c1. The molecule has 0 bridgehead atoms. The number of rotatable bonds is 4. The monoisotopic (exact) mass is 285 g/mol. The van der Waals surface area contributed by atoms with Crippen molar-refractivity contribution in [3.63, 3.8) is 0 Å². The summed E-state index contributed by atoms with van der Waals surface area (Å²) < 4.78 is 22.4. The van der Waals surface area contributed by atoms with Gasteiger partial charge in [-0.05, 0) is 17.7 Å². The van der Waals surface area contributed by atoms with Crippen LogP contribution in [-0.4, -0.2) is 19.2 Å². The molecule has 0 unspecified atom stereocenters. The molecule has 0 aliphatic rings. The van der Waals surface area contributed by atoms with Crippen LogP contribution in [0.15, 0.2) is 36.7 Å². The maximum atomic E-state index is 12.4. The molecular weight excluding hydrogens is 273 g/mol. The van der Waals surface area contributed by atoms with Gasteiger partial charge in [0.15, 0.2) is 0 Å². The fourth-order valence-electron chi connectivity index (χ4n) is 1.74. The Labute approximate surface area is 110 Å². The second-order valence-electron chi connectivity index (χ2n) is 3.63. The van der Waals surface area contributed by atoms with Gasteiger partial charge in [0.1, 0.15) is 0 Å². The van der Waals surface area contributed by atoms with Crippen molar-refractivity contribution in [3.8, 4) is 11.1 Å². The van der Waals surface area contributed by atoms with E-state index in [9.17, 15) is 4.57 Å². The van der Waals surface area contributed by atoms with Gasteiger partial charge in [0, 0.05) is 37.2 Å². The predicted octanol–water partition coefficient (Wildman–Crippen LogP) is 3.45. The summed E-state index contributed by atoms with van der Waals surface area (Å²) in [5, 5.41) is 1.11. The van der Waals surface area contributed by atoms with Gasteiger partial charge in [-0.2, -0.15) is 0 Å². The van der Waals surface area contributed by atoms with Gasteiger partial charge in [-0.15, -0.1) is 0 Å². The first kappa shape index (κ1) is 13.4. The molecule has 0 saturated heterocycles. The molecule has 0 spiro atoms. The third kappa shape index (κ3) is 2.38. The number of aromatic nitrogens is 1. The van der Waals surface area contributed by atoms with Crippen molar-refractivity contribution < 1.29 is 13.6 Å². The van der Waals surface area contributed by atoms with E-state index in [4.69, 9.17) is 20.6 Å². The Balaban J connectivity index is 2.55. The van der Waals surface area contributed by atoms with Gasteiger partial charge in [-0.25, -0.2) is 0 Å². The lowest BCUT2D eigenvalue weighted by molar-refractivity contribution is 0.287. The van der Waals surface area contributed by atoms with Crippen molar-refractivity contribution in [3.05, 3.63) is 41.7 Å². The number of hydrogen-bond donors (Lipinski definition) is 1. The van der Waals surface area contributed by atoms with Crippen molar-refractivity contribution in [1.82, 2.24) is 4.98 Å². The van der Waals surface area contributed by atoms with Crippen molar-refractivity contribution in [2.24, 2.45) is 0 Å². The van der Waals surface area contributed by atoms with Gasteiger partial charge in [0.25, 0.3) is 0 Å². The summed E-state index contributed by atoms with van der Waals surface area (Å²) >= 11 is 5.95. The fraction of sp³-hybridized carbons (Fsp3) is 0.167. The Morgan fingerprint density at radius 3 is 2.56 bits per heavy atom. The van der Waals surface area contributed by atoms with Crippen molar-refractivity contribution in [2.45, 2.75) is 0 Å². The molecule has 0 amide bonds. The average molecular weight is 286 g/mol. The van der Waals surface area contributed by atoms with Gasteiger partial charge in [0.05, 0.1) is 5.30 Å². The van der Waals surface area contributed by atoms with E-state index in [1.54, 1.807) is 24.5 Å². The molecule has 1 N–H and O–H groups in total. The molecule has 2 rings (SSSR count). The smallest absolute Gasteiger partial charge is 0.362 e. The zero-order valence-corrected chi connectivity index (χ0v) is 11.7. The van der Waals surface area contributed by atoms with E-state index in [-0.39, 0.29) is 0 Å². The Bertz CT molecular complexity index is 589. The molecule has 1 aromatic heterocycles. The fourth-order valence-corrected chi connectivity index (χ4v) is 3.19. The maximum absolute atomic E-state index is 12.4. The minimum atomic E-state index is -3.28. The van der Waals surface area contributed by atoms with E-state index in [0.29, 0.717) is 10.3 Å². The van der Waals surface area contributed by atoms with Crippen LogP contribution in [0.5, 0.6) is 0 Å². The van der Waals surface area contributed by atoms with Crippen LogP contribution in [-0.2, 0) is 13.6 Å². The highest BCUT2D eigenvalue weighted by Crippen LogP contribution is 2.47. The molecule has 0 saturated carbocycles. The molecule has 0 fully saturated rings. The zero-order valence-electron chi connectivity index (χ0n) is 10.0. The van der Waals surface area contributed by atoms with Gasteiger partial charge in [-0.1, -0.05) is 23.7 Å². The van der Waals surface area contributed by atoms with Crippen LogP contribution in [0.1, 0.15) is 0 Å². The summed E-state index contributed by atoms with van der Waals surface area (Å²) in [5.74, 6) is 0. The molecule has 1 heterocycles. The van der Waals surface area contributed by atoms with Crippen LogP contribution in [0.4, 0.5) is 0 Å². The molecule has 18 heavy (non-hydrogen) atoms. The summed E-state index contributed by atoms with van der Waals surface area (Å²) in [7, 11) is -0.558. The lowest BCUT2D eigenvalue weighted by Gasteiger charge is -2.14. The van der Waals surface area contributed by atoms with Gasteiger partial charge in [0.2, 0.25) is 0 Å². The zero-order chi connectivity index (χ0) is 13.2. The Morgan fingerprint density at radius 1 is 1.22 bits per heavy atom. The van der Waals surface area contributed by atoms with Crippen LogP contribution in [0.25, 0.3) is 11.1 Å². The average Bonchev–Trinajstić information content (AvgIpc) is 2.87. The van der Waals surface area contributed by atoms with E-state index >= 15 is 0 Å². The minimum Gasteiger partial charge on any atom is -0.366 e. The topological polar surface area (TPSA) is 51.3 Å². The highest BCUT2D eigenvalue weighted by atomic mass is 35.5. The number of halogens is 1. The van der Waals surface area contributed by atoms with E-state index in [0.717, 1.165) is 11.1 Å². The Kier molecular flexibility index (Phi) is 3.93. The highest BCUT2D eigenvalue weighted by molar-refractivity contribution is 7.62. The summed E-state index contributed by atoms with van der Waals surface area (Å²) in [5.41, 5.74) is 1.61. The molecule has 0 aliphatic heterocycles. The van der Waals surface area contributed by atoms with E-state index < -0.39 is 7.60 Å². The molecule has 0 atom stereocenters. The molecule has 0 radical (unpaired) electrons. The number of benzene rings is 1. The normalized spacial score (nSPS) is 11.7. The predicted molar refractivity (Wildman–Crippen MR) is 72.5 cm³/mol. The number of H-pyrrole nitrogens is 1. The molecular formula is C12H13ClNO3P. The number of nitrogens with one attached hydrogen (secondary N) is 1. The first-order valence-corrected chi connectivity index (χ1v) is 7.17. The van der Waals surface area contributed by atoms with Crippen LogP contribution in [0.2, 0.25) is 5.02 Å². The van der Waals surface area contributed by atoms with Crippen LogP contribution in [0.3, 0.4) is 0 Å². The summed E-state index contributed by atoms with van der Waals surface area (Å²) in [6.45, 7) is 0. The van der Waals surface area contributed by atoms with Gasteiger partial charge >= 0.3 is 7.60 Å². The summed E-state index contributed by atoms with van der Waals surface area (Å²) in [6.07, 6.45) is 3.36. The lowest BCUT2D eigenvalue weighted by Crippen LogP contribution is -2.08. The van der Waals surface area contributed by atoms with Gasteiger partial charge < -0.3 is 14.0 Å². The minimum absolute atomic E-state index is 0.495. The number of aromatic amines is 1. The van der Waals surface area contributed by atoms with Crippen LogP contribution < -0.4 is 5.30 Å². The molecule has 0 aliphatic carbocycles. The number of hydrogen-bond acceptors (Lipinski definition) is 3. The Hall–Kier alpha value is -1.06. The van der Waals surface area contributed by atoms with Gasteiger partial charge in [-0.3, -0.25) is 4.57 Å². The molecule has 1 aromatic carbocycles.